The van der Waals surface area contributed by atoms with Crippen molar-refractivity contribution in [1.29, 1.82) is 0 Å². The van der Waals surface area contributed by atoms with Gasteiger partial charge in [0.05, 0.1) is 12.4 Å². The third kappa shape index (κ3) is 2.95. The van der Waals surface area contributed by atoms with Crippen molar-refractivity contribution in [2.75, 3.05) is 4.72 Å². The van der Waals surface area contributed by atoms with Crippen LogP contribution in [0.15, 0.2) is 32.5 Å². The van der Waals surface area contributed by atoms with E-state index in [4.69, 9.17) is 11.6 Å². The van der Waals surface area contributed by atoms with Crippen molar-refractivity contribution in [3.05, 3.63) is 33.5 Å². The first-order valence-corrected chi connectivity index (χ1v) is 7.76. The van der Waals surface area contributed by atoms with Crippen LogP contribution < -0.4 is 4.72 Å². The number of hydrogen-bond donors (Lipinski definition) is 1. The summed E-state index contributed by atoms with van der Waals surface area (Å²) in [5, 5.41) is 1.79. The molecule has 90 valence electrons. The summed E-state index contributed by atoms with van der Waals surface area (Å²) in [5.41, 5.74) is 0. The number of halogens is 2. The Kier molecular flexibility index (Phi) is 3.67. The summed E-state index contributed by atoms with van der Waals surface area (Å²) in [6.45, 7) is 0. The molecule has 0 fully saturated rings. The zero-order valence-corrected chi connectivity index (χ0v) is 12.1. The molecule has 0 aliphatic rings. The van der Waals surface area contributed by atoms with Gasteiger partial charge in [0.15, 0.2) is 10.0 Å². The first-order valence-electron chi connectivity index (χ1n) is 4.22. The van der Waals surface area contributed by atoms with E-state index >= 15 is 0 Å². The first-order chi connectivity index (χ1) is 7.99. The number of anilines is 1. The van der Waals surface area contributed by atoms with Crippen molar-refractivity contribution in [2.45, 2.75) is 4.21 Å². The Hall–Kier alpha value is -0.700. The lowest BCUT2D eigenvalue weighted by Gasteiger charge is -2.05. The molecule has 2 aromatic rings. The molecule has 0 radical (unpaired) electrons. The van der Waals surface area contributed by atoms with Gasteiger partial charge in [0.1, 0.15) is 5.15 Å². The highest BCUT2D eigenvalue weighted by Crippen LogP contribution is 2.28. The standard InChI is InChI=1S/C8H5BrClN3O2S2/c9-5-1-2-16-8(5)17(14,15)13-7-4-11-3-6(10)12-7/h1-4H,(H,12,13). The molecule has 0 bridgehead atoms. The smallest absolute Gasteiger partial charge is 0.261 e. The second-order valence-electron chi connectivity index (χ2n) is 2.89. The van der Waals surface area contributed by atoms with Gasteiger partial charge in [0.2, 0.25) is 0 Å². The average Bonchev–Trinajstić information content (AvgIpc) is 2.64. The molecule has 0 spiro atoms. The molecule has 0 saturated carbocycles. The van der Waals surface area contributed by atoms with E-state index in [0.29, 0.717) is 4.47 Å². The van der Waals surface area contributed by atoms with Crippen LogP contribution in [-0.4, -0.2) is 18.4 Å². The van der Waals surface area contributed by atoms with Crippen LogP contribution in [0.1, 0.15) is 0 Å². The lowest BCUT2D eigenvalue weighted by molar-refractivity contribution is 0.602. The Morgan fingerprint density at radius 1 is 1.41 bits per heavy atom. The summed E-state index contributed by atoms with van der Waals surface area (Å²) >= 11 is 9.88. The van der Waals surface area contributed by atoms with Crippen molar-refractivity contribution in [2.24, 2.45) is 0 Å². The van der Waals surface area contributed by atoms with Crippen molar-refractivity contribution in [1.82, 2.24) is 9.97 Å². The molecule has 2 heterocycles. The van der Waals surface area contributed by atoms with Gasteiger partial charge >= 0.3 is 0 Å². The van der Waals surface area contributed by atoms with Crippen molar-refractivity contribution < 1.29 is 8.42 Å². The second kappa shape index (κ2) is 4.89. The molecule has 0 unspecified atom stereocenters. The molecule has 1 N–H and O–H groups in total. The summed E-state index contributed by atoms with van der Waals surface area (Å²) in [4.78, 5) is 7.54. The third-order valence-electron chi connectivity index (χ3n) is 1.67. The highest BCUT2D eigenvalue weighted by atomic mass is 79.9. The van der Waals surface area contributed by atoms with Crippen LogP contribution in [0.5, 0.6) is 0 Å². The third-order valence-corrected chi connectivity index (χ3v) is 5.88. The van der Waals surface area contributed by atoms with E-state index < -0.39 is 10.0 Å². The molecule has 0 aliphatic heterocycles. The summed E-state index contributed by atoms with van der Waals surface area (Å²) in [6.07, 6.45) is 2.60. The number of aromatic nitrogens is 2. The van der Waals surface area contributed by atoms with E-state index in [0.717, 1.165) is 11.3 Å². The SMILES string of the molecule is O=S(=O)(Nc1cncc(Cl)n1)c1sccc1Br. The minimum Gasteiger partial charge on any atom is -0.261 e. The van der Waals surface area contributed by atoms with Crippen LogP contribution in [0.25, 0.3) is 0 Å². The first kappa shape index (κ1) is 12.7. The van der Waals surface area contributed by atoms with Crippen LogP contribution in [0, 0.1) is 0 Å². The minimum atomic E-state index is -3.66. The topological polar surface area (TPSA) is 72.0 Å². The highest BCUT2D eigenvalue weighted by molar-refractivity contribution is 9.10. The Labute approximate surface area is 115 Å². The van der Waals surface area contributed by atoms with Gasteiger partial charge in [-0.15, -0.1) is 11.3 Å². The predicted octanol–water partition coefficient (Wildman–Crippen LogP) is 2.75. The molecule has 0 aromatic carbocycles. The van der Waals surface area contributed by atoms with E-state index in [1.165, 1.54) is 12.4 Å². The van der Waals surface area contributed by atoms with Crippen LogP contribution in [-0.2, 0) is 10.0 Å². The molecule has 2 rings (SSSR count). The lowest BCUT2D eigenvalue weighted by Crippen LogP contribution is -2.13. The molecule has 17 heavy (non-hydrogen) atoms. The number of sulfonamides is 1. The Morgan fingerprint density at radius 3 is 2.76 bits per heavy atom. The monoisotopic (exact) mass is 353 g/mol. The summed E-state index contributed by atoms with van der Waals surface area (Å²) < 4.78 is 26.9. The van der Waals surface area contributed by atoms with Gasteiger partial charge in [-0.2, -0.15) is 0 Å². The van der Waals surface area contributed by atoms with E-state index in [1.807, 2.05) is 0 Å². The zero-order chi connectivity index (χ0) is 12.5. The Bertz CT molecular complexity index is 644. The van der Waals surface area contributed by atoms with Gasteiger partial charge in [-0.25, -0.2) is 13.4 Å². The average molecular weight is 355 g/mol. The molecule has 5 nitrogen and oxygen atoms in total. The fourth-order valence-corrected chi connectivity index (χ4v) is 4.52. The van der Waals surface area contributed by atoms with Gasteiger partial charge < -0.3 is 0 Å². The fourth-order valence-electron chi connectivity index (χ4n) is 1.05. The number of hydrogen-bond acceptors (Lipinski definition) is 5. The Balaban J connectivity index is 2.33. The van der Waals surface area contributed by atoms with Crippen molar-refractivity contribution in [3.63, 3.8) is 0 Å². The predicted molar refractivity (Wildman–Crippen MR) is 69.9 cm³/mol. The Morgan fingerprint density at radius 2 is 2.18 bits per heavy atom. The molecular weight excluding hydrogens is 350 g/mol. The summed E-state index contributed by atoms with van der Waals surface area (Å²) in [7, 11) is -3.66. The van der Waals surface area contributed by atoms with E-state index in [9.17, 15) is 8.42 Å². The number of nitrogens with one attached hydrogen (secondary N) is 1. The molecule has 0 saturated heterocycles. The maximum atomic E-state index is 12.0. The lowest BCUT2D eigenvalue weighted by atomic mass is 10.7. The van der Waals surface area contributed by atoms with E-state index in [-0.39, 0.29) is 15.2 Å². The summed E-state index contributed by atoms with van der Waals surface area (Å²) in [6, 6.07) is 1.66. The fraction of sp³-hybridized carbons (Fsp3) is 0. The quantitative estimate of drug-likeness (QED) is 0.920. The largest absolute Gasteiger partial charge is 0.273 e. The van der Waals surface area contributed by atoms with Gasteiger partial charge in [0.25, 0.3) is 10.0 Å². The van der Waals surface area contributed by atoms with E-state index in [1.54, 1.807) is 11.4 Å². The molecule has 9 heteroatoms. The maximum Gasteiger partial charge on any atom is 0.273 e. The molecule has 0 aliphatic carbocycles. The van der Waals surface area contributed by atoms with Crippen molar-refractivity contribution in [3.8, 4) is 0 Å². The van der Waals surface area contributed by atoms with Crippen LogP contribution in [0.4, 0.5) is 5.82 Å². The molecule has 2 aromatic heterocycles. The number of nitrogens with zero attached hydrogens (tertiary/aromatic N) is 2. The van der Waals surface area contributed by atoms with E-state index in [2.05, 4.69) is 30.6 Å². The highest BCUT2D eigenvalue weighted by Gasteiger charge is 2.19. The minimum absolute atomic E-state index is 0.0813. The summed E-state index contributed by atoms with van der Waals surface area (Å²) in [5.74, 6) is 0.0813. The molecule has 0 atom stereocenters. The van der Waals surface area contributed by atoms with Crippen LogP contribution in [0.3, 0.4) is 0 Å². The van der Waals surface area contributed by atoms with Crippen molar-refractivity contribution >= 4 is 54.7 Å². The second-order valence-corrected chi connectivity index (χ2v) is 6.92. The maximum absolute atomic E-state index is 12.0. The zero-order valence-electron chi connectivity index (χ0n) is 8.09. The molecule has 0 amide bonds. The van der Waals surface area contributed by atoms with Crippen LogP contribution >= 0.6 is 38.9 Å². The van der Waals surface area contributed by atoms with Crippen LogP contribution in [0.2, 0.25) is 5.15 Å². The number of thiophene rings is 1. The van der Waals surface area contributed by atoms with Gasteiger partial charge in [0, 0.05) is 4.47 Å². The van der Waals surface area contributed by atoms with Gasteiger partial charge in [-0.05, 0) is 27.4 Å². The number of rotatable bonds is 3. The van der Waals surface area contributed by atoms with Gasteiger partial charge in [-0.1, -0.05) is 11.6 Å². The normalized spacial score (nSPS) is 11.4. The van der Waals surface area contributed by atoms with Gasteiger partial charge in [-0.3, -0.25) is 9.71 Å². The molecular formula is C8H5BrClN3O2S2.